The number of fused-ring (bicyclic) bond motifs is 1. The number of aryl methyl sites for hydroxylation is 1. The van der Waals surface area contributed by atoms with Gasteiger partial charge in [-0.2, -0.15) is 0 Å². The lowest BCUT2D eigenvalue weighted by atomic mass is 10.1. The summed E-state index contributed by atoms with van der Waals surface area (Å²) in [6, 6.07) is 12.5. The minimum atomic E-state index is -0.627. The lowest BCUT2D eigenvalue weighted by Crippen LogP contribution is -2.10. The number of carbonyl (C=O) groups excluding carboxylic acids is 1. The summed E-state index contributed by atoms with van der Waals surface area (Å²) < 4.78 is 16.2. The molecule has 146 valence electrons. The van der Waals surface area contributed by atoms with Crippen molar-refractivity contribution in [2.45, 2.75) is 26.7 Å². The van der Waals surface area contributed by atoms with E-state index in [1.165, 1.54) is 0 Å². The van der Waals surface area contributed by atoms with Crippen molar-refractivity contribution in [3.63, 3.8) is 0 Å². The number of aromatic hydroxyl groups is 1. The highest BCUT2D eigenvalue weighted by atomic mass is 16.5. The first-order valence-corrected chi connectivity index (χ1v) is 9.15. The predicted octanol–water partition coefficient (Wildman–Crippen LogP) is 5.01. The quantitative estimate of drug-likeness (QED) is 0.458. The van der Waals surface area contributed by atoms with E-state index < -0.39 is 5.97 Å². The fraction of sp³-hybridized carbons (Fsp3) is 0.273. The number of benzene rings is 2. The summed E-state index contributed by atoms with van der Waals surface area (Å²) in [5.41, 5.74) is 0.550. The zero-order valence-corrected chi connectivity index (χ0v) is 16.2. The topological polar surface area (TPSA) is 77.9 Å². The Kier molecular flexibility index (Phi) is 5.99. The molecule has 6 heteroatoms. The molecule has 0 atom stereocenters. The number of carbonyl (C=O) groups is 1. The van der Waals surface area contributed by atoms with Gasteiger partial charge in [0.25, 0.3) is 0 Å². The Bertz CT molecular complexity index is 982. The molecule has 0 saturated carbocycles. The molecule has 0 fully saturated rings. The van der Waals surface area contributed by atoms with Crippen LogP contribution in [-0.2, 0) is 4.74 Å². The molecule has 0 radical (unpaired) electrons. The summed E-state index contributed by atoms with van der Waals surface area (Å²) in [6.07, 6.45) is 1.68. The van der Waals surface area contributed by atoms with Crippen molar-refractivity contribution in [3.05, 3.63) is 53.9 Å². The minimum absolute atomic E-state index is 0.0808. The molecular formula is C22H23NO5. The van der Waals surface area contributed by atoms with Crippen LogP contribution in [0.15, 0.2) is 42.5 Å². The molecule has 1 N–H and O–H groups in total. The maximum Gasteiger partial charge on any atom is 0.360 e. The van der Waals surface area contributed by atoms with Crippen LogP contribution < -0.4 is 9.47 Å². The van der Waals surface area contributed by atoms with Crippen molar-refractivity contribution < 1.29 is 24.1 Å². The van der Waals surface area contributed by atoms with Crippen molar-refractivity contribution in [2.75, 3.05) is 13.7 Å². The number of hydrogen-bond acceptors (Lipinski definition) is 6. The molecule has 0 aliphatic carbocycles. The van der Waals surface area contributed by atoms with Crippen LogP contribution in [-0.4, -0.2) is 29.8 Å². The highest BCUT2D eigenvalue weighted by Crippen LogP contribution is 2.34. The molecule has 3 aromatic rings. The molecule has 0 spiro atoms. The molecule has 0 aliphatic heterocycles. The number of hydrogen-bond donors (Lipinski definition) is 1. The highest BCUT2D eigenvalue weighted by Gasteiger charge is 2.19. The van der Waals surface area contributed by atoms with Crippen molar-refractivity contribution in [1.29, 1.82) is 0 Å². The maximum absolute atomic E-state index is 12.3. The van der Waals surface area contributed by atoms with E-state index in [9.17, 15) is 9.90 Å². The number of methoxy groups -OCH3 is 1. The third-order valence-corrected chi connectivity index (χ3v) is 4.36. The number of nitrogens with zero attached hydrogens (tertiary/aromatic N) is 1. The van der Waals surface area contributed by atoms with Crippen molar-refractivity contribution >= 4 is 16.7 Å². The van der Waals surface area contributed by atoms with Gasteiger partial charge < -0.3 is 19.3 Å². The van der Waals surface area contributed by atoms with Crippen LogP contribution in [0.1, 0.15) is 35.9 Å². The second kappa shape index (κ2) is 8.61. The molecule has 0 bridgehead atoms. The molecule has 6 nitrogen and oxygen atoms in total. The molecule has 1 heterocycles. The van der Waals surface area contributed by atoms with Crippen LogP contribution in [0.4, 0.5) is 0 Å². The fourth-order valence-corrected chi connectivity index (χ4v) is 2.81. The Morgan fingerprint density at radius 2 is 1.71 bits per heavy atom. The van der Waals surface area contributed by atoms with Crippen molar-refractivity contribution in [1.82, 2.24) is 4.98 Å². The van der Waals surface area contributed by atoms with Gasteiger partial charge >= 0.3 is 5.97 Å². The Hall–Kier alpha value is -3.28. The third-order valence-electron chi connectivity index (χ3n) is 4.36. The molecular weight excluding hydrogens is 358 g/mol. The predicted molar refractivity (Wildman–Crippen MR) is 106 cm³/mol. The van der Waals surface area contributed by atoms with Gasteiger partial charge in [0, 0.05) is 16.5 Å². The summed E-state index contributed by atoms with van der Waals surface area (Å²) in [7, 11) is 1.60. The zero-order valence-electron chi connectivity index (χ0n) is 16.2. The number of esters is 1. The summed E-state index contributed by atoms with van der Waals surface area (Å²) in [5, 5.41) is 11.9. The average molecular weight is 381 g/mol. The minimum Gasteiger partial charge on any atom is -0.505 e. The van der Waals surface area contributed by atoms with E-state index in [1.807, 2.05) is 13.0 Å². The van der Waals surface area contributed by atoms with E-state index in [4.69, 9.17) is 14.2 Å². The van der Waals surface area contributed by atoms with Gasteiger partial charge in [0.05, 0.1) is 13.7 Å². The number of pyridine rings is 1. The van der Waals surface area contributed by atoms with E-state index in [1.54, 1.807) is 50.4 Å². The lowest BCUT2D eigenvalue weighted by molar-refractivity contribution is 0.0489. The molecule has 0 saturated heterocycles. The van der Waals surface area contributed by atoms with Gasteiger partial charge in [0.15, 0.2) is 11.4 Å². The smallest absolute Gasteiger partial charge is 0.360 e. The lowest BCUT2D eigenvalue weighted by Gasteiger charge is -2.12. The zero-order chi connectivity index (χ0) is 20.1. The number of rotatable bonds is 7. The van der Waals surface area contributed by atoms with E-state index in [-0.39, 0.29) is 11.4 Å². The molecule has 28 heavy (non-hydrogen) atoms. The Balaban J connectivity index is 1.92. The normalized spacial score (nSPS) is 10.7. The van der Waals surface area contributed by atoms with E-state index in [2.05, 4.69) is 4.98 Å². The van der Waals surface area contributed by atoms with Crippen LogP contribution in [0, 0.1) is 6.92 Å². The molecule has 0 aliphatic rings. The van der Waals surface area contributed by atoms with Gasteiger partial charge in [0.1, 0.15) is 17.2 Å². The first kappa shape index (κ1) is 19.5. The fourth-order valence-electron chi connectivity index (χ4n) is 2.81. The van der Waals surface area contributed by atoms with Crippen LogP contribution >= 0.6 is 0 Å². The van der Waals surface area contributed by atoms with Gasteiger partial charge in [0.2, 0.25) is 0 Å². The summed E-state index contributed by atoms with van der Waals surface area (Å²) in [5.74, 6) is 1.06. The summed E-state index contributed by atoms with van der Waals surface area (Å²) in [6.45, 7) is 4.09. The van der Waals surface area contributed by atoms with Crippen molar-refractivity contribution in [2.24, 2.45) is 0 Å². The molecule has 3 rings (SSSR count). The summed E-state index contributed by atoms with van der Waals surface area (Å²) >= 11 is 0. The Morgan fingerprint density at radius 1 is 1.04 bits per heavy atom. The average Bonchev–Trinajstić information content (AvgIpc) is 2.71. The molecule has 0 unspecified atom stereocenters. The second-order valence-corrected chi connectivity index (χ2v) is 6.37. The van der Waals surface area contributed by atoms with E-state index in [0.717, 1.165) is 24.0 Å². The second-order valence-electron chi connectivity index (χ2n) is 6.37. The number of unbranched alkanes of at least 4 members (excludes halogenated alkanes) is 1. The molecule has 0 amide bonds. The van der Waals surface area contributed by atoms with E-state index in [0.29, 0.717) is 29.2 Å². The van der Waals surface area contributed by atoms with Crippen LogP contribution in [0.3, 0.4) is 0 Å². The Morgan fingerprint density at radius 3 is 2.39 bits per heavy atom. The number of aromatic nitrogens is 1. The van der Waals surface area contributed by atoms with Gasteiger partial charge in [-0.25, -0.2) is 9.78 Å². The SMILES string of the molecule is CCCCOC(=O)c1nc(C)c2ccc(Oc3ccc(OC)cc3)cc2c1O. The largest absolute Gasteiger partial charge is 0.505 e. The standard InChI is InChI=1S/C22H23NO5/c1-4-5-12-27-22(25)20-21(24)19-13-17(10-11-18(19)14(2)23-20)28-16-8-6-15(26-3)7-9-16/h6-11,13,24H,4-5,12H2,1-3H3. The maximum atomic E-state index is 12.3. The van der Waals surface area contributed by atoms with Gasteiger partial charge in [-0.1, -0.05) is 13.3 Å². The van der Waals surface area contributed by atoms with Crippen molar-refractivity contribution in [3.8, 4) is 23.0 Å². The first-order valence-electron chi connectivity index (χ1n) is 9.15. The van der Waals surface area contributed by atoms with Crippen LogP contribution in [0.5, 0.6) is 23.0 Å². The summed E-state index contributed by atoms with van der Waals surface area (Å²) in [4.78, 5) is 16.5. The van der Waals surface area contributed by atoms with Gasteiger partial charge in [-0.05, 0) is 55.8 Å². The highest BCUT2D eigenvalue weighted by molar-refractivity contribution is 6.00. The number of ether oxygens (including phenoxy) is 3. The third kappa shape index (κ3) is 4.17. The van der Waals surface area contributed by atoms with E-state index >= 15 is 0 Å². The monoisotopic (exact) mass is 381 g/mol. The van der Waals surface area contributed by atoms with Gasteiger partial charge in [-0.15, -0.1) is 0 Å². The first-order chi connectivity index (χ1) is 13.5. The van der Waals surface area contributed by atoms with Gasteiger partial charge in [-0.3, -0.25) is 0 Å². The molecule has 2 aromatic carbocycles. The van der Waals surface area contributed by atoms with Crippen LogP contribution in [0.25, 0.3) is 10.8 Å². The van der Waals surface area contributed by atoms with Crippen LogP contribution in [0.2, 0.25) is 0 Å². The molecule has 1 aromatic heterocycles. The Labute approximate surface area is 163 Å².